The number of nitrogens with one attached hydrogen (secondary N) is 1. The van der Waals surface area contributed by atoms with Gasteiger partial charge in [-0.1, -0.05) is 23.2 Å². The van der Waals surface area contributed by atoms with Gasteiger partial charge in [0.25, 0.3) is 0 Å². The van der Waals surface area contributed by atoms with Gasteiger partial charge in [0, 0.05) is 0 Å². The highest BCUT2D eigenvalue weighted by Crippen LogP contribution is 2.37. The van der Waals surface area contributed by atoms with Crippen LogP contribution in [0.4, 0.5) is 14.5 Å². The molecule has 0 amide bonds. The third-order valence-electron chi connectivity index (χ3n) is 2.28. The Balaban J connectivity index is 3.10. The molecule has 0 bridgehead atoms. The Morgan fingerprint density at radius 1 is 1.33 bits per heavy atom. The first-order valence-electron chi connectivity index (χ1n) is 5.23. The summed E-state index contributed by atoms with van der Waals surface area (Å²) in [5.41, 5.74) is -0.181. The van der Waals surface area contributed by atoms with Crippen LogP contribution in [0, 0.1) is 0 Å². The van der Waals surface area contributed by atoms with Gasteiger partial charge in [-0.25, -0.2) is 8.42 Å². The molecule has 11 heteroatoms. The number of alkyl halides is 2. The zero-order chi connectivity index (χ0) is 16.4. The first-order chi connectivity index (χ1) is 9.54. The molecule has 0 radical (unpaired) electrons. The van der Waals surface area contributed by atoms with Gasteiger partial charge in [0.1, 0.15) is 0 Å². The summed E-state index contributed by atoms with van der Waals surface area (Å²) in [5, 5.41) is 6.23. The van der Waals surface area contributed by atoms with E-state index in [1.807, 2.05) is 4.72 Å². The van der Waals surface area contributed by atoms with Crippen LogP contribution in [0.2, 0.25) is 10.0 Å². The topological polar surface area (TPSA) is 92.7 Å². The second-order valence-electron chi connectivity index (χ2n) is 3.78. The molecule has 1 rings (SSSR count). The van der Waals surface area contributed by atoms with Crippen molar-refractivity contribution in [1.82, 2.24) is 0 Å². The normalized spacial score (nSPS) is 13.0. The second kappa shape index (κ2) is 6.63. The molecule has 0 aromatic heterocycles. The number of halogens is 4. The fourth-order valence-corrected chi connectivity index (χ4v) is 2.67. The molecule has 118 valence electrons. The number of hydrogen-bond donors (Lipinski definition) is 2. The van der Waals surface area contributed by atoms with E-state index in [0.717, 1.165) is 19.1 Å². The van der Waals surface area contributed by atoms with Crippen LogP contribution in [0.3, 0.4) is 0 Å². The number of ether oxygens (including phenoxy) is 1. The highest BCUT2D eigenvalue weighted by atomic mass is 35.5. The zero-order valence-corrected chi connectivity index (χ0v) is 12.6. The van der Waals surface area contributed by atoms with Gasteiger partial charge in [0.2, 0.25) is 10.0 Å². The SMILES string of the molecule is CC(C(=O)O)S(=O)(=O)Nc1cc(Cl)c(OC(F)F)c(Cl)c1. The van der Waals surface area contributed by atoms with E-state index in [0.29, 0.717) is 0 Å². The minimum Gasteiger partial charge on any atom is -0.480 e. The van der Waals surface area contributed by atoms with Gasteiger partial charge in [-0.2, -0.15) is 8.78 Å². The Bertz CT molecular complexity index is 630. The van der Waals surface area contributed by atoms with E-state index in [2.05, 4.69) is 4.74 Å². The van der Waals surface area contributed by atoms with Crippen LogP contribution in [0.1, 0.15) is 6.92 Å². The third kappa shape index (κ3) is 4.58. The lowest BCUT2D eigenvalue weighted by Crippen LogP contribution is -2.32. The second-order valence-corrected chi connectivity index (χ2v) is 6.59. The molecule has 1 atom stereocenters. The number of aliphatic carboxylic acids is 1. The van der Waals surface area contributed by atoms with E-state index in [-0.39, 0.29) is 15.7 Å². The molecule has 21 heavy (non-hydrogen) atoms. The minimum atomic E-state index is -4.24. The van der Waals surface area contributed by atoms with Crippen LogP contribution < -0.4 is 9.46 Å². The van der Waals surface area contributed by atoms with E-state index >= 15 is 0 Å². The van der Waals surface area contributed by atoms with E-state index < -0.39 is 33.6 Å². The summed E-state index contributed by atoms with van der Waals surface area (Å²) in [5.74, 6) is -2.07. The maximum Gasteiger partial charge on any atom is 0.387 e. The van der Waals surface area contributed by atoms with Crippen LogP contribution >= 0.6 is 23.2 Å². The number of benzene rings is 1. The monoisotopic (exact) mass is 363 g/mol. The van der Waals surface area contributed by atoms with Crippen LogP contribution in [-0.4, -0.2) is 31.4 Å². The van der Waals surface area contributed by atoms with Crippen molar-refractivity contribution >= 4 is 44.9 Å². The van der Waals surface area contributed by atoms with Crippen LogP contribution in [-0.2, 0) is 14.8 Å². The van der Waals surface area contributed by atoms with E-state index in [1.165, 1.54) is 0 Å². The van der Waals surface area contributed by atoms with Crippen molar-refractivity contribution in [1.29, 1.82) is 0 Å². The smallest absolute Gasteiger partial charge is 0.387 e. The molecule has 0 aliphatic heterocycles. The van der Waals surface area contributed by atoms with Crippen molar-refractivity contribution in [2.75, 3.05) is 4.72 Å². The Kier molecular flexibility index (Phi) is 5.60. The number of hydrogen-bond acceptors (Lipinski definition) is 4. The van der Waals surface area contributed by atoms with Gasteiger partial charge >= 0.3 is 12.6 Å². The molecule has 1 aromatic rings. The molecule has 0 spiro atoms. The highest BCUT2D eigenvalue weighted by molar-refractivity contribution is 7.94. The van der Waals surface area contributed by atoms with Crippen molar-refractivity contribution < 1.29 is 31.8 Å². The Labute approximate surface area is 128 Å². The minimum absolute atomic E-state index is 0.181. The Morgan fingerprint density at radius 2 is 1.81 bits per heavy atom. The summed E-state index contributed by atoms with van der Waals surface area (Å²) in [7, 11) is -4.24. The van der Waals surface area contributed by atoms with Gasteiger partial charge in [0.15, 0.2) is 11.0 Å². The predicted molar refractivity (Wildman–Crippen MR) is 72.7 cm³/mol. The van der Waals surface area contributed by atoms with Gasteiger partial charge in [-0.15, -0.1) is 0 Å². The average molecular weight is 364 g/mol. The van der Waals surface area contributed by atoms with E-state index in [1.54, 1.807) is 0 Å². The van der Waals surface area contributed by atoms with Crippen LogP contribution in [0.5, 0.6) is 5.75 Å². The molecule has 1 aromatic carbocycles. The lowest BCUT2D eigenvalue weighted by Gasteiger charge is -2.14. The summed E-state index contributed by atoms with van der Waals surface area (Å²) in [6.07, 6.45) is 0. The fraction of sp³-hybridized carbons (Fsp3) is 0.300. The summed E-state index contributed by atoms with van der Waals surface area (Å²) in [6, 6.07) is 1.94. The third-order valence-corrected chi connectivity index (χ3v) is 4.49. The molecule has 1 unspecified atom stereocenters. The fourth-order valence-electron chi connectivity index (χ4n) is 1.21. The maximum absolute atomic E-state index is 12.1. The molecule has 0 saturated carbocycles. The standard InChI is InChI=1S/C10H9Cl2F2NO5S/c1-4(9(16)17)21(18,19)15-5-2-6(11)8(7(12)3-5)20-10(13)14/h2-4,10,15H,1H3,(H,16,17). The first-order valence-corrected chi connectivity index (χ1v) is 7.53. The zero-order valence-electron chi connectivity index (χ0n) is 10.3. The number of rotatable bonds is 6. The lowest BCUT2D eigenvalue weighted by atomic mass is 10.3. The summed E-state index contributed by atoms with van der Waals surface area (Å²) in [6.45, 7) is -2.20. The van der Waals surface area contributed by atoms with Gasteiger partial charge in [0.05, 0.1) is 15.7 Å². The first kappa shape index (κ1) is 17.7. The van der Waals surface area contributed by atoms with Crippen molar-refractivity contribution in [3.8, 4) is 5.75 Å². The largest absolute Gasteiger partial charge is 0.480 e. The Hall–Kier alpha value is -1.32. The van der Waals surface area contributed by atoms with Gasteiger partial charge in [-0.05, 0) is 19.1 Å². The maximum atomic E-state index is 12.1. The number of carboxylic acids is 1. The van der Waals surface area contributed by atoms with Crippen molar-refractivity contribution in [3.63, 3.8) is 0 Å². The van der Waals surface area contributed by atoms with Crippen LogP contribution in [0.15, 0.2) is 12.1 Å². The molecule has 0 heterocycles. The van der Waals surface area contributed by atoms with Gasteiger partial charge in [-0.3, -0.25) is 9.52 Å². The number of carbonyl (C=O) groups is 1. The van der Waals surface area contributed by atoms with E-state index in [4.69, 9.17) is 28.3 Å². The molecule has 0 saturated heterocycles. The van der Waals surface area contributed by atoms with Crippen LogP contribution in [0.25, 0.3) is 0 Å². The van der Waals surface area contributed by atoms with E-state index in [9.17, 15) is 22.0 Å². The summed E-state index contributed by atoms with van der Waals surface area (Å²) < 4.78 is 53.7. The molecule has 0 fully saturated rings. The molecular formula is C10H9Cl2F2NO5S. The number of carboxylic acid groups (broad SMARTS) is 1. The molecule has 0 aliphatic carbocycles. The number of sulfonamides is 1. The number of anilines is 1. The van der Waals surface area contributed by atoms with Crippen molar-refractivity contribution in [3.05, 3.63) is 22.2 Å². The Morgan fingerprint density at radius 3 is 2.19 bits per heavy atom. The summed E-state index contributed by atoms with van der Waals surface area (Å²) >= 11 is 11.3. The van der Waals surface area contributed by atoms with Crippen molar-refractivity contribution in [2.45, 2.75) is 18.8 Å². The van der Waals surface area contributed by atoms with Gasteiger partial charge < -0.3 is 9.84 Å². The molecular weight excluding hydrogens is 355 g/mol. The molecule has 0 aliphatic rings. The highest BCUT2D eigenvalue weighted by Gasteiger charge is 2.28. The quantitative estimate of drug-likeness (QED) is 0.810. The summed E-state index contributed by atoms with van der Waals surface area (Å²) in [4.78, 5) is 10.7. The lowest BCUT2D eigenvalue weighted by molar-refractivity contribution is -0.136. The molecule has 6 nitrogen and oxygen atoms in total. The van der Waals surface area contributed by atoms with Crippen molar-refractivity contribution in [2.24, 2.45) is 0 Å². The average Bonchev–Trinajstić information content (AvgIpc) is 2.32. The predicted octanol–water partition coefficient (Wildman–Crippen LogP) is 2.81. The molecule has 2 N–H and O–H groups in total.